The highest BCUT2D eigenvalue weighted by atomic mass is 16.2. The van der Waals surface area contributed by atoms with E-state index < -0.39 is 6.03 Å². The Bertz CT molecular complexity index is 1380. The fourth-order valence-corrected chi connectivity index (χ4v) is 5.06. The second kappa shape index (κ2) is 5.89. The lowest BCUT2D eigenvalue weighted by molar-refractivity contribution is 0.0985. The van der Waals surface area contributed by atoms with Crippen LogP contribution in [0.4, 0.5) is 16.2 Å². The van der Waals surface area contributed by atoms with Gasteiger partial charge in [-0.1, -0.05) is 0 Å². The summed E-state index contributed by atoms with van der Waals surface area (Å²) in [4.78, 5) is 35.2. The van der Waals surface area contributed by atoms with Gasteiger partial charge in [-0.15, -0.1) is 0 Å². The van der Waals surface area contributed by atoms with Crippen LogP contribution in [0.5, 0.6) is 0 Å². The summed E-state index contributed by atoms with van der Waals surface area (Å²) < 4.78 is 0. The zero-order valence-corrected chi connectivity index (χ0v) is 16.6. The molecule has 0 saturated carbocycles. The van der Waals surface area contributed by atoms with Gasteiger partial charge >= 0.3 is 6.03 Å². The molecule has 2 aliphatic heterocycles. The van der Waals surface area contributed by atoms with Crippen molar-refractivity contribution in [2.75, 3.05) is 22.9 Å². The first-order chi connectivity index (χ1) is 14.5. The maximum atomic E-state index is 13.4. The van der Waals surface area contributed by atoms with Crippen molar-refractivity contribution in [3.05, 3.63) is 58.9 Å². The van der Waals surface area contributed by atoms with Crippen molar-refractivity contribution >= 4 is 45.1 Å². The van der Waals surface area contributed by atoms with Crippen molar-refractivity contribution in [2.24, 2.45) is 5.73 Å². The first-order valence-corrected chi connectivity index (χ1v) is 10.2. The Hall–Kier alpha value is -3.74. The molecule has 150 valence electrons. The molecule has 0 unspecified atom stereocenters. The molecule has 4 aromatic rings. The molecule has 2 aromatic heterocycles. The number of fused-ring (bicyclic) bond motifs is 6. The highest BCUT2D eigenvalue weighted by Gasteiger charge is 2.30. The second-order valence-electron chi connectivity index (χ2n) is 8.13. The van der Waals surface area contributed by atoms with Gasteiger partial charge in [-0.2, -0.15) is 0 Å². The molecule has 0 spiro atoms. The summed E-state index contributed by atoms with van der Waals surface area (Å²) in [5.74, 6) is -0.0324. The van der Waals surface area contributed by atoms with E-state index in [9.17, 15) is 9.59 Å². The molecule has 0 bridgehead atoms. The van der Waals surface area contributed by atoms with Gasteiger partial charge in [0.05, 0.1) is 0 Å². The van der Waals surface area contributed by atoms with Crippen molar-refractivity contribution in [1.82, 2.24) is 9.97 Å². The SMILES string of the molecule is Cc1cc2c3c(ccc2[nH]1)N(C(=O)c1cc2c4c(ccc2[nH]1)N(C(N)=O)CC4)CC3. The third-order valence-corrected chi connectivity index (χ3v) is 6.41. The number of nitrogens with two attached hydrogens (primary N) is 1. The molecule has 2 aliphatic rings. The van der Waals surface area contributed by atoms with E-state index in [0.29, 0.717) is 18.8 Å². The molecule has 7 heteroatoms. The highest BCUT2D eigenvalue weighted by Crippen LogP contribution is 2.37. The van der Waals surface area contributed by atoms with Crippen LogP contribution in [-0.2, 0) is 12.8 Å². The topological polar surface area (TPSA) is 98.2 Å². The summed E-state index contributed by atoms with van der Waals surface area (Å²) >= 11 is 0. The van der Waals surface area contributed by atoms with Gasteiger partial charge in [0, 0.05) is 52.0 Å². The van der Waals surface area contributed by atoms with E-state index in [0.717, 1.165) is 51.9 Å². The minimum atomic E-state index is -0.445. The molecule has 6 rings (SSSR count). The van der Waals surface area contributed by atoms with E-state index in [1.807, 2.05) is 42.2 Å². The van der Waals surface area contributed by atoms with E-state index in [-0.39, 0.29) is 5.91 Å². The first-order valence-electron chi connectivity index (χ1n) is 10.2. The number of aryl methyl sites for hydroxylation is 1. The third-order valence-electron chi connectivity index (χ3n) is 6.41. The number of carbonyl (C=O) groups excluding carboxylic acids is 2. The number of rotatable bonds is 1. The molecule has 0 aliphatic carbocycles. The smallest absolute Gasteiger partial charge is 0.319 e. The summed E-state index contributed by atoms with van der Waals surface area (Å²) in [6, 6.07) is 11.5. The Morgan fingerprint density at radius 3 is 2.17 bits per heavy atom. The van der Waals surface area contributed by atoms with Crippen LogP contribution in [0, 0.1) is 6.92 Å². The number of aromatic amines is 2. The second-order valence-corrected chi connectivity index (χ2v) is 8.13. The fourth-order valence-electron chi connectivity index (χ4n) is 5.06. The molecule has 3 amide bonds. The lowest BCUT2D eigenvalue weighted by atomic mass is 10.1. The largest absolute Gasteiger partial charge is 0.359 e. The molecule has 0 radical (unpaired) electrons. The number of nitrogens with zero attached hydrogens (tertiary/aromatic N) is 2. The number of urea groups is 1. The Balaban J connectivity index is 1.40. The van der Waals surface area contributed by atoms with Crippen molar-refractivity contribution in [3.63, 3.8) is 0 Å². The molecule has 4 heterocycles. The third kappa shape index (κ3) is 2.26. The molecular weight excluding hydrogens is 378 g/mol. The molecule has 0 atom stereocenters. The van der Waals surface area contributed by atoms with Gasteiger partial charge in [-0.3, -0.25) is 9.69 Å². The quantitative estimate of drug-likeness (QED) is 0.456. The lowest BCUT2D eigenvalue weighted by Crippen LogP contribution is -2.33. The van der Waals surface area contributed by atoms with Crippen LogP contribution in [0.2, 0.25) is 0 Å². The summed E-state index contributed by atoms with van der Waals surface area (Å²) in [7, 11) is 0. The van der Waals surface area contributed by atoms with Crippen LogP contribution >= 0.6 is 0 Å². The number of hydrogen-bond donors (Lipinski definition) is 3. The number of aromatic nitrogens is 2. The van der Waals surface area contributed by atoms with Gasteiger partial charge in [-0.05, 0) is 67.3 Å². The fraction of sp³-hybridized carbons (Fsp3) is 0.217. The average molecular weight is 399 g/mol. The van der Waals surface area contributed by atoms with Crippen LogP contribution in [-0.4, -0.2) is 35.0 Å². The van der Waals surface area contributed by atoms with Crippen molar-refractivity contribution in [3.8, 4) is 0 Å². The summed E-state index contributed by atoms with van der Waals surface area (Å²) in [6.45, 7) is 3.29. The minimum Gasteiger partial charge on any atom is -0.359 e. The monoisotopic (exact) mass is 399 g/mol. The highest BCUT2D eigenvalue weighted by molar-refractivity contribution is 6.11. The van der Waals surface area contributed by atoms with E-state index in [1.54, 1.807) is 4.90 Å². The van der Waals surface area contributed by atoms with Crippen molar-refractivity contribution < 1.29 is 9.59 Å². The summed E-state index contributed by atoms with van der Waals surface area (Å²) in [5, 5.41) is 2.18. The average Bonchev–Trinajstić information content (AvgIpc) is 3.47. The Kier molecular flexibility index (Phi) is 3.36. The number of anilines is 2. The van der Waals surface area contributed by atoms with Crippen molar-refractivity contribution in [1.29, 1.82) is 0 Å². The van der Waals surface area contributed by atoms with Gasteiger partial charge < -0.3 is 20.6 Å². The van der Waals surface area contributed by atoms with E-state index in [1.165, 1.54) is 10.9 Å². The van der Waals surface area contributed by atoms with Gasteiger partial charge in [0.25, 0.3) is 5.91 Å². The lowest BCUT2D eigenvalue weighted by Gasteiger charge is -2.16. The van der Waals surface area contributed by atoms with Crippen molar-refractivity contribution in [2.45, 2.75) is 19.8 Å². The molecule has 0 fully saturated rings. The minimum absolute atomic E-state index is 0.0324. The normalized spacial score (nSPS) is 15.2. The van der Waals surface area contributed by atoms with Gasteiger partial charge in [0.1, 0.15) is 5.69 Å². The predicted octanol–water partition coefficient (Wildman–Crippen LogP) is 3.60. The Morgan fingerprint density at radius 2 is 1.47 bits per heavy atom. The zero-order chi connectivity index (χ0) is 20.6. The summed E-state index contributed by atoms with van der Waals surface area (Å²) in [6.07, 6.45) is 1.58. The van der Waals surface area contributed by atoms with Gasteiger partial charge in [0.2, 0.25) is 0 Å². The number of hydrogen-bond acceptors (Lipinski definition) is 2. The molecule has 0 saturated heterocycles. The number of nitrogens with one attached hydrogen (secondary N) is 2. The zero-order valence-electron chi connectivity index (χ0n) is 16.6. The van der Waals surface area contributed by atoms with Crippen LogP contribution in [0.1, 0.15) is 27.3 Å². The number of amides is 3. The number of benzene rings is 2. The van der Waals surface area contributed by atoms with E-state index in [4.69, 9.17) is 5.73 Å². The molecule has 4 N–H and O–H groups in total. The maximum Gasteiger partial charge on any atom is 0.319 e. The molecule has 30 heavy (non-hydrogen) atoms. The van der Waals surface area contributed by atoms with Crippen LogP contribution in [0.3, 0.4) is 0 Å². The summed E-state index contributed by atoms with van der Waals surface area (Å²) in [5.41, 5.74) is 13.3. The molecule has 7 nitrogen and oxygen atoms in total. The predicted molar refractivity (Wildman–Crippen MR) is 117 cm³/mol. The van der Waals surface area contributed by atoms with Crippen LogP contribution < -0.4 is 15.5 Å². The van der Waals surface area contributed by atoms with Gasteiger partial charge in [-0.25, -0.2) is 4.79 Å². The van der Waals surface area contributed by atoms with Gasteiger partial charge in [0.15, 0.2) is 0 Å². The number of H-pyrrole nitrogens is 2. The Morgan fingerprint density at radius 1 is 0.867 bits per heavy atom. The first kappa shape index (κ1) is 17.1. The molecular formula is C23H21N5O2. The van der Waals surface area contributed by atoms with E-state index >= 15 is 0 Å². The number of primary amides is 1. The maximum absolute atomic E-state index is 13.4. The Labute approximate surface area is 172 Å². The van der Waals surface area contributed by atoms with Crippen LogP contribution in [0.15, 0.2) is 36.4 Å². The van der Waals surface area contributed by atoms with Crippen LogP contribution in [0.25, 0.3) is 21.8 Å². The standard InChI is InChI=1S/C23H21N5O2/c1-12-10-15-13-6-8-27(20(13)4-2-17(15)25-12)22(29)19-11-16-14-7-9-28(23(24)30)21(14)5-3-18(16)26-19/h2-5,10-11,25-26H,6-9H2,1H3,(H2,24,30). The molecule has 2 aromatic carbocycles. The number of carbonyl (C=O) groups is 2. The van der Waals surface area contributed by atoms with E-state index in [2.05, 4.69) is 16.0 Å².